The lowest BCUT2D eigenvalue weighted by molar-refractivity contribution is 0.102. The maximum absolute atomic E-state index is 12.1. The summed E-state index contributed by atoms with van der Waals surface area (Å²) in [6.07, 6.45) is 1.48. The van der Waals surface area contributed by atoms with Gasteiger partial charge in [-0.3, -0.25) is 4.79 Å². The number of amides is 1. The van der Waals surface area contributed by atoms with Crippen LogP contribution in [0.25, 0.3) is 0 Å². The molecule has 2 rings (SSSR count). The zero-order valence-corrected chi connectivity index (χ0v) is 14.2. The molecular weight excluding hydrogens is 442 g/mol. The van der Waals surface area contributed by atoms with Gasteiger partial charge in [0.05, 0.1) is 21.9 Å². The van der Waals surface area contributed by atoms with Crippen LogP contribution in [0.1, 0.15) is 10.4 Å². The van der Waals surface area contributed by atoms with Gasteiger partial charge in [-0.1, -0.05) is 15.9 Å². The third kappa shape index (κ3) is 3.55. The Kier molecular flexibility index (Phi) is 4.59. The van der Waals surface area contributed by atoms with Crippen molar-refractivity contribution in [3.63, 3.8) is 0 Å². The maximum atomic E-state index is 12.1. The first-order chi connectivity index (χ1) is 8.97. The number of hydrogen-bond donors (Lipinski definition) is 2. The number of halogens is 3. The molecule has 0 saturated heterocycles. The number of benzene rings is 1. The standard InChI is InChI=1S/C12H8Br3N3O/c13-6-1-2-8(9(14)3-6)12(19)18-11-10(15)4-7(16)5-17-11/h1-5H,16H2,(H,17,18,19). The highest BCUT2D eigenvalue weighted by Gasteiger charge is 2.12. The number of pyridine rings is 1. The van der Waals surface area contributed by atoms with Crippen molar-refractivity contribution in [3.05, 3.63) is 49.4 Å². The maximum Gasteiger partial charge on any atom is 0.257 e. The molecule has 4 nitrogen and oxygen atoms in total. The number of nitrogens with one attached hydrogen (secondary N) is 1. The van der Waals surface area contributed by atoms with Crippen LogP contribution in [-0.4, -0.2) is 10.9 Å². The van der Waals surface area contributed by atoms with Gasteiger partial charge in [-0.25, -0.2) is 4.98 Å². The van der Waals surface area contributed by atoms with Gasteiger partial charge in [-0.2, -0.15) is 0 Å². The van der Waals surface area contributed by atoms with Crippen molar-refractivity contribution < 1.29 is 4.79 Å². The number of hydrogen-bond acceptors (Lipinski definition) is 3. The Hall–Kier alpha value is -0.920. The predicted octanol–water partition coefficient (Wildman–Crippen LogP) is 4.20. The average Bonchev–Trinajstić information content (AvgIpc) is 2.32. The van der Waals surface area contributed by atoms with E-state index in [9.17, 15) is 4.79 Å². The van der Waals surface area contributed by atoms with E-state index >= 15 is 0 Å². The molecule has 0 bridgehead atoms. The summed E-state index contributed by atoms with van der Waals surface area (Å²) in [5.41, 5.74) is 6.64. The number of nitrogens with zero attached hydrogens (tertiary/aromatic N) is 1. The molecule has 0 saturated carbocycles. The van der Waals surface area contributed by atoms with E-state index in [1.165, 1.54) is 6.20 Å². The normalized spacial score (nSPS) is 10.3. The summed E-state index contributed by atoms with van der Waals surface area (Å²) in [5.74, 6) is 0.173. The number of nitrogens with two attached hydrogens (primary N) is 1. The fourth-order valence-corrected chi connectivity index (χ4v) is 3.09. The first kappa shape index (κ1) is 14.5. The van der Waals surface area contributed by atoms with Crippen molar-refractivity contribution >= 4 is 65.2 Å². The third-order valence-corrected chi connectivity index (χ3v) is 4.02. The van der Waals surface area contributed by atoms with Gasteiger partial charge in [-0.15, -0.1) is 0 Å². The highest BCUT2D eigenvalue weighted by molar-refractivity contribution is 9.11. The van der Waals surface area contributed by atoms with Crippen LogP contribution in [0.3, 0.4) is 0 Å². The number of anilines is 2. The van der Waals surface area contributed by atoms with Crippen LogP contribution in [0.15, 0.2) is 43.9 Å². The minimum atomic E-state index is -0.252. The zero-order chi connectivity index (χ0) is 14.0. The largest absolute Gasteiger partial charge is 0.397 e. The summed E-state index contributed by atoms with van der Waals surface area (Å²) in [6.45, 7) is 0. The van der Waals surface area contributed by atoms with Gasteiger partial charge < -0.3 is 11.1 Å². The molecule has 0 aliphatic rings. The van der Waals surface area contributed by atoms with E-state index in [0.717, 1.165) is 4.47 Å². The second-order valence-electron chi connectivity index (χ2n) is 3.68. The fourth-order valence-electron chi connectivity index (χ4n) is 1.39. The summed E-state index contributed by atoms with van der Waals surface area (Å²) < 4.78 is 2.22. The van der Waals surface area contributed by atoms with Gasteiger partial charge in [0, 0.05) is 8.95 Å². The first-order valence-corrected chi connectivity index (χ1v) is 7.52. The SMILES string of the molecule is Nc1cnc(NC(=O)c2ccc(Br)cc2Br)c(Br)c1. The van der Waals surface area contributed by atoms with Crippen molar-refractivity contribution in [1.29, 1.82) is 0 Å². The molecule has 0 radical (unpaired) electrons. The van der Waals surface area contributed by atoms with Crippen LogP contribution in [-0.2, 0) is 0 Å². The molecule has 0 aliphatic carbocycles. The second kappa shape index (κ2) is 6.02. The summed E-state index contributed by atoms with van der Waals surface area (Å²) >= 11 is 9.99. The summed E-state index contributed by atoms with van der Waals surface area (Å²) in [6, 6.07) is 7.00. The van der Waals surface area contributed by atoms with Crippen LogP contribution in [0, 0.1) is 0 Å². The average molecular weight is 450 g/mol. The molecule has 0 fully saturated rings. The van der Waals surface area contributed by atoms with Gasteiger partial charge in [-0.05, 0) is 56.1 Å². The predicted molar refractivity (Wildman–Crippen MR) is 86.1 cm³/mol. The Morgan fingerprint density at radius 2 is 1.89 bits per heavy atom. The van der Waals surface area contributed by atoms with E-state index in [-0.39, 0.29) is 5.91 Å². The van der Waals surface area contributed by atoms with Crippen LogP contribution < -0.4 is 11.1 Å². The number of nitrogen functional groups attached to an aromatic ring is 1. The van der Waals surface area contributed by atoms with Crippen LogP contribution >= 0.6 is 47.8 Å². The molecule has 1 heterocycles. The van der Waals surface area contributed by atoms with Crippen LogP contribution in [0.5, 0.6) is 0 Å². The number of carbonyl (C=O) groups excluding carboxylic acids is 1. The van der Waals surface area contributed by atoms with Crippen molar-refractivity contribution in [1.82, 2.24) is 4.98 Å². The van der Waals surface area contributed by atoms with Crippen molar-refractivity contribution in [2.75, 3.05) is 11.1 Å². The molecule has 3 N–H and O–H groups in total. The number of carbonyl (C=O) groups is 1. The van der Waals surface area contributed by atoms with Crippen LogP contribution in [0.2, 0.25) is 0 Å². The molecule has 0 aliphatic heterocycles. The Labute approximate surface area is 135 Å². The lowest BCUT2D eigenvalue weighted by atomic mass is 10.2. The molecule has 0 atom stereocenters. The lowest BCUT2D eigenvalue weighted by Gasteiger charge is -2.08. The Bertz CT molecular complexity index is 646. The molecule has 1 aromatic carbocycles. The molecule has 0 unspecified atom stereocenters. The van der Waals surface area contributed by atoms with E-state index in [0.29, 0.717) is 26.0 Å². The highest BCUT2D eigenvalue weighted by Crippen LogP contribution is 2.25. The van der Waals surface area contributed by atoms with Crippen molar-refractivity contribution in [2.24, 2.45) is 0 Å². The quantitative estimate of drug-likeness (QED) is 0.721. The first-order valence-electron chi connectivity index (χ1n) is 5.15. The van der Waals surface area contributed by atoms with E-state index in [2.05, 4.69) is 58.1 Å². The number of aromatic nitrogens is 1. The summed E-state index contributed by atoms with van der Waals surface area (Å²) in [5, 5.41) is 2.72. The molecule has 19 heavy (non-hydrogen) atoms. The molecule has 7 heteroatoms. The third-order valence-electron chi connectivity index (χ3n) is 2.27. The van der Waals surface area contributed by atoms with Gasteiger partial charge in [0.15, 0.2) is 0 Å². The number of rotatable bonds is 2. The Morgan fingerprint density at radius 3 is 2.53 bits per heavy atom. The van der Waals surface area contributed by atoms with Gasteiger partial charge in [0.25, 0.3) is 5.91 Å². The van der Waals surface area contributed by atoms with Crippen molar-refractivity contribution in [2.45, 2.75) is 0 Å². The van der Waals surface area contributed by atoms with Crippen LogP contribution in [0.4, 0.5) is 11.5 Å². The summed E-state index contributed by atoms with van der Waals surface area (Å²) in [4.78, 5) is 16.2. The molecule has 0 spiro atoms. The summed E-state index contributed by atoms with van der Waals surface area (Å²) in [7, 11) is 0. The molecular formula is C12H8Br3N3O. The van der Waals surface area contributed by atoms with E-state index in [4.69, 9.17) is 5.73 Å². The Balaban J connectivity index is 2.25. The van der Waals surface area contributed by atoms with Gasteiger partial charge >= 0.3 is 0 Å². The lowest BCUT2D eigenvalue weighted by Crippen LogP contribution is -2.14. The molecule has 2 aromatic rings. The minimum Gasteiger partial charge on any atom is -0.397 e. The molecule has 1 amide bonds. The topological polar surface area (TPSA) is 68.0 Å². The minimum absolute atomic E-state index is 0.252. The van der Waals surface area contributed by atoms with E-state index in [1.54, 1.807) is 24.3 Å². The van der Waals surface area contributed by atoms with Gasteiger partial charge in [0.1, 0.15) is 5.82 Å². The molecule has 98 valence electrons. The van der Waals surface area contributed by atoms with Gasteiger partial charge in [0.2, 0.25) is 0 Å². The second-order valence-corrected chi connectivity index (χ2v) is 6.30. The molecule has 1 aromatic heterocycles. The smallest absolute Gasteiger partial charge is 0.257 e. The fraction of sp³-hybridized carbons (Fsp3) is 0. The monoisotopic (exact) mass is 447 g/mol. The Morgan fingerprint density at radius 1 is 1.16 bits per heavy atom. The van der Waals surface area contributed by atoms with E-state index < -0.39 is 0 Å². The highest BCUT2D eigenvalue weighted by atomic mass is 79.9. The zero-order valence-electron chi connectivity index (χ0n) is 9.45. The van der Waals surface area contributed by atoms with Crippen molar-refractivity contribution in [3.8, 4) is 0 Å². The van der Waals surface area contributed by atoms with E-state index in [1.807, 2.05) is 0 Å².